The van der Waals surface area contributed by atoms with Gasteiger partial charge in [-0.25, -0.2) is 4.39 Å². The van der Waals surface area contributed by atoms with Crippen LogP contribution in [-0.4, -0.2) is 25.2 Å². The van der Waals surface area contributed by atoms with Crippen LogP contribution < -0.4 is 4.90 Å². The van der Waals surface area contributed by atoms with Gasteiger partial charge < -0.3 is 9.64 Å². The van der Waals surface area contributed by atoms with E-state index in [0.29, 0.717) is 12.2 Å². The van der Waals surface area contributed by atoms with Gasteiger partial charge in [0.05, 0.1) is 25.1 Å². The molecule has 1 amide bonds. The molecule has 0 radical (unpaired) electrons. The molecule has 88 valence electrons. The van der Waals surface area contributed by atoms with E-state index in [-0.39, 0.29) is 30.9 Å². The molecular weight excluding hydrogens is 223 g/mol. The van der Waals surface area contributed by atoms with Gasteiger partial charge in [-0.05, 0) is 24.3 Å². The fourth-order valence-corrected chi connectivity index (χ4v) is 1.72. The zero-order valence-corrected chi connectivity index (χ0v) is 9.10. The van der Waals surface area contributed by atoms with E-state index in [9.17, 15) is 9.18 Å². The minimum absolute atomic E-state index is 0.0380. The predicted octanol–water partition coefficient (Wildman–Crippen LogP) is 1.47. The summed E-state index contributed by atoms with van der Waals surface area (Å²) in [6, 6.07) is 7.70. The Hall–Kier alpha value is -1.93. The van der Waals surface area contributed by atoms with Crippen LogP contribution in [0.1, 0.15) is 6.42 Å². The molecule has 1 saturated heterocycles. The van der Waals surface area contributed by atoms with Gasteiger partial charge in [-0.15, -0.1) is 0 Å². The molecule has 1 aliphatic rings. The molecule has 5 heteroatoms. The molecule has 0 spiro atoms. The second-order valence-corrected chi connectivity index (χ2v) is 3.78. The molecule has 0 N–H and O–H groups in total. The largest absolute Gasteiger partial charge is 0.365 e. The maximum atomic E-state index is 12.8. The number of ether oxygens (including phenoxy) is 1. The number of anilines is 1. The molecule has 1 aliphatic heterocycles. The van der Waals surface area contributed by atoms with Gasteiger partial charge in [0.2, 0.25) is 0 Å². The number of carbonyl (C=O) groups is 1. The van der Waals surface area contributed by atoms with Crippen molar-refractivity contribution in [1.29, 1.82) is 5.26 Å². The van der Waals surface area contributed by atoms with E-state index >= 15 is 0 Å². The SMILES string of the molecule is N#CCC1CN(c2ccc(F)cc2)C(=O)CO1. The molecule has 4 nitrogen and oxygen atoms in total. The highest BCUT2D eigenvalue weighted by Crippen LogP contribution is 2.19. The third-order valence-corrected chi connectivity index (χ3v) is 2.59. The van der Waals surface area contributed by atoms with E-state index in [4.69, 9.17) is 10.00 Å². The Balaban J connectivity index is 2.15. The van der Waals surface area contributed by atoms with Crippen LogP contribution in [0, 0.1) is 17.1 Å². The van der Waals surface area contributed by atoms with Crippen molar-refractivity contribution in [2.45, 2.75) is 12.5 Å². The van der Waals surface area contributed by atoms with Crippen molar-refractivity contribution in [3.8, 4) is 6.07 Å². The van der Waals surface area contributed by atoms with Gasteiger partial charge in [0.25, 0.3) is 5.91 Å². The summed E-state index contributed by atoms with van der Waals surface area (Å²) in [7, 11) is 0. The Morgan fingerprint density at radius 1 is 1.47 bits per heavy atom. The van der Waals surface area contributed by atoms with Crippen LogP contribution in [0.3, 0.4) is 0 Å². The Labute approximate surface area is 98.2 Å². The molecule has 1 atom stereocenters. The van der Waals surface area contributed by atoms with Gasteiger partial charge >= 0.3 is 0 Å². The van der Waals surface area contributed by atoms with Gasteiger partial charge in [0.15, 0.2) is 0 Å². The first kappa shape index (κ1) is 11.6. The molecule has 0 bridgehead atoms. The number of carbonyl (C=O) groups excluding carboxylic acids is 1. The number of rotatable bonds is 2. The van der Waals surface area contributed by atoms with E-state index in [1.54, 1.807) is 12.1 Å². The first-order valence-electron chi connectivity index (χ1n) is 5.25. The van der Waals surface area contributed by atoms with E-state index in [1.807, 2.05) is 6.07 Å². The second kappa shape index (κ2) is 4.93. The lowest BCUT2D eigenvalue weighted by molar-refractivity contribution is -0.129. The average molecular weight is 234 g/mol. The van der Waals surface area contributed by atoms with Crippen molar-refractivity contribution in [1.82, 2.24) is 0 Å². The van der Waals surface area contributed by atoms with E-state index in [2.05, 4.69) is 0 Å². The lowest BCUT2D eigenvalue weighted by Gasteiger charge is -2.31. The summed E-state index contributed by atoms with van der Waals surface area (Å²) in [5.41, 5.74) is 0.627. The molecule has 1 heterocycles. The third-order valence-electron chi connectivity index (χ3n) is 2.59. The number of nitrogens with zero attached hydrogens (tertiary/aromatic N) is 2. The second-order valence-electron chi connectivity index (χ2n) is 3.78. The van der Waals surface area contributed by atoms with Crippen LogP contribution in [0.4, 0.5) is 10.1 Å². The Morgan fingerprint density at radius 3 is 2.82 bits per heavy atom. The Kier molecular flexibility index (Phi) is 3.35. The van der Waals surface area contributed by atoms with Crippen LogP contribution in [0.25, 0.3) is 0 Å². The van der Waals surface area contributed by atoms with Crippen molar-refractivity contribution in [2.24, 2.45) is 0 Å². The maximum Gasteiger partial charge on any atom is 0.253 e. The average Bonchev–Trinajstić information content (AvgIpc) is 2.33. The van der Waals surface area contributed by atoms with Crippen molar-refractivity contribution in [3.63, 3.8) is 0 Å². The molecule has 1 unspecified atom stereocenters. The van der Waals surface area contributed by atoms with E-state index in [1.165, 1.54) is 17.0 Å². The fraction of sp³-hybridized carbons (Fsp3) is 0.333. The van der Waals surface area contributed by atoms with Gasteiger partial charge in [-0.2, -0.15) is 5.26 Å². The van der Waals surface area contributed by atoms with Crippen LogP contribution in [0.15, 0.2) is 24.3 Å². The molecule has 0 aliphatic carbocycles. The summed E-state index contributed by atoms with van der Waals surface area (Å²) in [6.07, 6.45) is -0.0342. The predicted molar refractivity (Wildman–Crippen MR) is 58.7 cm³/mol. The number of halogens is 1. The minimum atomic E-state index is -0.344. The first-order valence-corrected chi connectivity index (χ1v) is 5.25. The van der Waals surface area contributed by atoms with E-state index in [0.717, 1.165) is 0 Å². The lowest BCUT2D eigenvalue weighted by Crippen LogP contribution is -2.46. The number of amides is 1. The Bertz CT molecular complexity index is 453. The molecule has 17 heavy (non-hydrogen) atoms. The normalized spacial score (nSPS) is 20.1. The molecular formula is C12H11FN2O2. The van der Waals surface area contributed by atoms with Gasteiger partial charge in [0, 0.05) is 5.69 Å². The number of hydrogen-bond donors (Lipinski definition) is 0. The van der Waals surface area contributed by atoms with E-state index < -0.39 is 0 Å². The highest BCUT2D eigenvalue weighted by molar-refractivity contribution is 5.94. The summed E-state index contributed by atoms with van der Waals surface area (Å²) in [4.78, 5) is 13.2. The van der Waals surface area contributed by atoms with Gasteiger partial charge in [-0.3, -0.25) is 4.79 Å². The first-order chi connectivity index (χ1) is 8.20. The smallest absolute Gasteiger partial charge is 0.253 e. The van der Waals surface area contributed by atoms with Crippen LogP contribution in [0.5, 0.6) is 0 Å². The summed E-state index contributed by atoms with van der Waals surface area (Å²) in [6.45, 7) is 0.293. The summed E-state index contributed by atoms with van der Waals surface area (Å²) in [5.74, 6) is -0.520. The van der Waals surface area contributed by atoms with Crippen LogP contribution in [0.2, 0.25) is 0 Å². The number of benzene rings is 1. The lowest BCUT2D eigenvalue weighted by atomic mass is 10.2. The topological polar surface area (TPSA) is 53.3 Å². The summed E-state index contributed by atoms with van der Waals surface area (Å²) < 4.78 is 18.0. The van der Waals surface area contributed by atoms with Crippen molar-refractivity contribution in [3.05, 3.63) is 30.1 Å². The molecule has 1 fully saturated rings. The number of morpholine rings is 1. The third kappa shape index (κ3) is 2.60. The highest BCUT2D eigenvalue weighted by Gasteiger charge is 2.27. The van der Waals surface area contributed by atoms with Crippen molar-refractivity contribution in [2.75, 3.05) is 18.1 Å². The summed E-state index contributed by atoms with van der Waals surface area (Å²) in [5, 5.41) is 8.59. The molecule has 1 aromatic carbocycles. The molecule has 1 aromatic rings. The van der Waals surface area contributed by atoms with Crippen molar-refractivity contribution < 1.29 is 13.9 Å². The Morgan fingerprint density at radius 2 is 2.18 bits per heavy atom. The van der Waals surface area contributed by atoms with Gasteiger partial charge in [0.1, 0.15) is 12.4 Å². The van der Waals surface area contributed by atoms with Crippen LogP contribution >= 0.6 is 0 Å². The zero-order valence-electron chi connectivity index (χ0n) is 9.10. The molecule has 2 rings (SSSR count). The standard InChI is InChI=1S/C12H11FN2O2/c13-9-1-3-10(4-2-9)15-7-11(5-6-14)17-8-12(15)16/h1-4,11H,5,7-8H2. The quantitative estimate of drug-likeness (QED) is 0.778. The molecule has 0 saturated carbocycles. The highest BCUT2D eigenvalue weighted by atomic mass is 19.1. The number of nitriles is 1. The maximum absolute atomic E-state index is 12.8. The molecule has 0 aromatic heterocycles. The zero-order chi connectivity index (χ0) is 12.3. The monoisotopic (exact) mass is 234 g/mol. The minimum Gasteiger partial charge on any atom is -0.365 e. The fourth-order valence-electron chi connectivity index (χ4n) is 1.72. The number of hydrogen-bond acceptors (Lipinski definition) is 3. The van der Waals surface area contributed by atoms with Crippen LogP contribution in [-0.2, 0) is 9.53 Å². The van der Waals surface area contributed by atoms with Gasteiger partial charge in [-0.1, -0.05) is 0 Å². The van der Waals surface area contributed by atoms with Crippen molar-refractivity contribution >= 4 is 11.6 Å². The summed E-state index contributed by atoms with van der Waals surface area (Å²) >= 11 is 0.